The van der Waals surface area contributed by atoms with Crippen LogP contribution in [0, 0.1) is 34.5 Å². The van der Waals surface area contributed by atoms with E-state index in [0.29, 0.717) is 90.8 Å². The smallest absolute Gasteiger partial charge is 0.310 e. The Kier molecular flexibility index (Phi) is 13.0. The minimum Gasteiger partial charge on any atom is -0.491 e. The fourth-order valence-corrected chi connectivity index (χ4v) is 10.3. The number of morpholine rings is 1. The van der Waals surface area contributed by atoms with E-state index in [9.17, 15) is 24.3 Å². The lowest BCUT2D eigenvalue weighted by molar-refractivity contribution is -0.157. The topological polar surface area (TPSA) is 183 Å². The number of rotatable bonds is 18. The molecular weight excluding hydrogens is 830 g/mol. The molecule has 1 aromatic carbocycles. The van der Waals surface area contributed by atoms with Gasteiger partial charge in [0.15, 0.2) is 5.78 Å². The summed E-state index contributed by atoms with van der Waals surface area (Å²) in [4.78, 5) is 68.8. The van der Waals surface area contributed by atoms with Crippen LogP contribution in [-0.4, -0.2) is 119 Å². The van der Waals surface area contributed by atoms with E-state index in [2.05, 4.69) is 15.2 Å². The number of anilines is 1. The highest BCUT2D eigenvalue weighted by Crippen LogP contribution is 2.58. The number of fused-ring (bicyclic) bond motifs is 2. The second-order valence-electron chi connectivity index (χ2n) is 19.8. The van der Waals surface area contributed by atoms with E-state index in [1.165, 1.54) is 17.6 Å². The first-order valence-electron chi connectivity index (χ1n) is 22.7. The second-order valence-corrected chi connectivity index (χ2v) is 20.2. The molecule has 8 rings (SSSR count). The summed E-state index contributed by atoms with van der Waals surface area (Å²) in [5, 5.41) is 14.3. The molecule has 8 atom stereocenters. The number of hydrogen-bond acceptors (Lipinski definition) is 13. The Labute approximate surface area is 373 Å². The standard InChI is InChI=1S/C47H62ClN5O10/c1-7-29-22-47(29,44(57)58)23-37(54)36-19-31(24-53(36)43(56)33(46(4,5)6)20-40(55)63-30-17-27-16-28(27)18-30)62-39-21-34(35-25-61-45(51-35)49-26(2)3)50-42-32(39)8-9-38(41(42)48)60-15-12-52-10-13-59-14-11-52/h8-9,21,25-31,33,36H,7,10-20,22-24H2,1-6H3,(H,49,51)(H,57,58)/t27-,28+,29-,30?,31-,33-,36+,47-/m1/s1. The maximum Gasteiger partial charge on any atom is 0.310 e. The lowest BCUT2D eigenvalue weighted by atomic mass is 9.77. The van der Waals surface area contributed by atoms with Gasteiger partial charge in [0.1, 0.15) is 47.3 Å². The Morgan fingerprint density at radius 2 is 1.76 bits per heavy atom. The molecule has 2 aliphatic heterocycles. The Morgan fingerprint density at radius 3 is 2.43 bits per heavy atom. The average Bonchev–Trinajstić information content (AvgIpc) is 3.91. The molecule has 3 saturated carbocycles. The van der Waals surface area contributed by atoms with Crippen molar-refractivity contribution >= 4 is 52.1 Å². The quantitative estimate of drug-likeness (QED) is 0.122. The fourth-order valence-electron chi connectivity index (χ4n) is 9.99. The van der Waals surface area contributed by atoms with E-state index in [0.717, 1.165) is 25.9 Å². The van der Waals surface area contributed by atoms with Gasteiger partial charge in [0.2, 0.25) is 5.91 Å². The minimum absolute atomic E-state index is 0.0299. The third-order valence-electron chi connectivity index (χ3n) is 13.9. The van der Waals surface area contributed by atoms with Crippen molar-refractivity contribution in [1.82, 2.24) is 19.8 Å². The number of carbonyl (C=O) groups excluding carboxylic acids is 3. The molecule has 2 saturated heterocycles. The van der Waals surface area contributed by atoms with Gasteiger partial charge >= 0.3 is 11.9 Å². The highest BCUT2D eigenvalue weighted by molar-refractivity contribution is 6.36. The first-order valence-corrected chi connectivity index (χ1v) is 23.1. The lowest BCUT2D eigenvalue weighted by Gasteiger charge is -2.35. The number of Topliss-reactive ketones (excluding diaryl/α,β-unsaturated/α-hetero) is 1. The molecule has 2 N–H and O–H groups in total. The molecule has 5 aliphatic rings. The largest absolute Gasteiger partial charge is 0.491 e. The van der Waals surface area contributed by atoms with Gasteiger partial charge < -0.3 is 38.7 Å². The van der Waals surface area contributed by atoms with Crippen molar-refractivity contribution in [2.45, 2.75) is 117 Å². The number of likely N-dealkylation sites (tertiary alicyclic amines) is 1. The van der Waals surface area contributed by atoms with Gasteiger partial charge in [-0.1, -0.05) is 45.7 Å². The molecule has 0 bridgehead atoms. The Bertz CT molecular complexity index is 2190. The zero-order chi connectivity index (χ0) is 44.8. The van der Waals surface area contributed by atoms with Gasteiger partial charge in [-0.25, -0.2) is 4.98 Å². The van der Waals surface area contributed by atoms with Crippen molar-refractivity contribution in [1.29, 1.82) is 0 Å². The number of benzene rings is 1. The number of pyridine rings is 1. The Morgan fingerprint density at radius 1 is 1.02 bits per heavy atom. The number of amides is 1. The summed E-state index contributed by atoms with van der Waals surface area (Å²) in [6, 6.07) is 4.77. The van der Waals surface area contributed by atoms with Crippen molar-refractivity contribution in [3.63, 3.8) is 0 Å². The van der Waals surface area contributed by atoms with E-state index in [1.54, 1.807) is 12.1 Å². The number of aliphatic carboxylic acids is 1. The van der Waals surface area contributed by atoms with E-state index in [1.807, 2.05) is 47.6 Å². The zero-order valence-corrected chi connectivity index (χ0v) is 38.1. The Balaban J connectivity index is 1.09. The number of aromatic nitrogens is 2. The van der Waals surface area contributed by atoms with Crippen LogP contribution in [0.1, 0.15) is 92.9 Å². The third-order valence-corrected chi connectivity index (χ3v) is 14.2. The summed E-state index contributed by atoms with van der Waals surface area (Å²) >= 11 is 7.10. The van der Waals surface area contributed by atoms with Crippen LogP contribution in [0.4, 0.5) is 6.01 Å². The molecular formula is C47H62ClN5O10. The van der Waals surface area contributed by atoms with E-state index < -0.39 is 40.8 Å². The number of hydrogen-bond donors (Lipinski definition) is 2. The van der Waals surface area contributed by atoms with Gasteiger partial charge in [-0.15, -0.1) is 0 Å². The molecule has 5 fully saturated rings. The molecule has 3 aliphatic carbocycles. The number of ketones is 1. The van der Waals surface area contributed by atoms with E-state index in [-0.39, 0.29) is 60.6 Å². The van der Waals surface area contributed by atoms with Gasteiger partial charge in [0.25, 0.3) is 6.01 Å². The maximum absolute atomic E-state index is 14.9. The van der Waals surface area contributed by atoms with Gasteiger partial charge in [0, 0.05) is 50.0 Å². The van der Waals surface area contributed by atoms with Crippen LogP contribution in [-0.2, 0) is 28.7 Å². The normalized spacial score (nSPS) is 27.3. The number of esters is 1. The molecule has 63 heavy (non-hydrogen) atoms. The molecule has 1 unspecified atom stereocenters. The van der Waals surface area contributed by atoms with Crippen molar-refractivity contribution < 1.29 is 47.6 Å². The Hall–Kier alpha value is -4.47. The summed E-state index contributed by atoms with van der Waals surface area (Å²) < 4.78 is 30.2. The SMILES string of the molecule is CC[C@@H]1C[C@]1(CC(=O)[C@@H]1C[C@@H](Oc2cc(-c3coc(NC(C)C)n3)nc3c(Cl)c(OCCN4CCOCC4)ccc23)CN1C(=O)[C@@H](CC(=O)OC1C[C@@H]2C[C@@H]2C1)C(C)(C)C)C(=O)O. The van der Waals surface area contributed by atoms with Crippen LogP contribution >= 0.6 is 11.6 Å². The molecule has 342 valence electrons. The van der Waals surface area contributed by atoms with E-state index >= 15 is 0 Å². The van der Waals surface area contributed by atoms with Crippen LogP contribution < -0.4 is 14.8 Å². The molecule has 1 amide bonds. The van der Waals surface area contributed by atoms with Gasteiger partial charge in [-0.2, -0.15) is 4.98 Å². The van der Waals surface area contributed by atoms with Crippen LogP contribution in [0.25, 0.3) is 22.3 Å². The van der Waals surface area contributed by atoms with Gasteiger partial charge in [-0.05, 0) is 74.8 Å². The van der Waals surface area contributed by atoms with Crippen molar-refractivity contribution in [3.8, 4) is 22.9 Å². The average molecular weight is 892 g/mol. The summed E-state index contributed by atoms with van der Waals surface area (Å²) in [6.45, 7) is 15.7. The number of carboxylic acids is 1. The van der Waals surface area contributed by atoms with Crippen molar-refractivity contribution in [2.75, 3.05) is 51.3 Å². The molecule has 0 radical (unpaired) electrons. The molecule has 2 aromatic heterocycles. The second kappa shape index (κ2) is 18.2. The van der Waals surface area contributed by atoms with Gasteiger partial charge in [0.05, 0.1) is 54.8 Å². The lowest BCUT2D eigenvalue weighted by Crippen LogP contribution is -2.48. The first kappa shape index (κ1) is 45.1. The summed E-state index contributed by atoms with van der Waals surface area (Å²) in [6.07, 6.45) is 4.43. The van der Waals surface area contributed by atoms with Crippen molar-refractivity contribution in [2.24, 2.45) is 34.5 Å². The van der Waals surface area contributed by atoms with Crippen LogP contribution in [0.15, 0.2) is 28.9 Å². The fraction of sp³-hybridized carbons (Fsp3) is 0.660. The molecule has 16 heteroatoms. The first-order chi connectivity index (χ1) is 30.0. The number of oxazole rings is 1. The number of ether oxygens (including phenoxy) is 4. The number of nitrogens with one attached hydrogen (secondary N) is 1. The minimum atomic E-state index is -1.16. The van der Waals surface area contributed by atoms with Gasteiger partial charge in [-0.3, -0.25) is 24.1 Å². The molecule has 0 spiro atoms. The predicted octanol–water partition coefficient (Wildman–Crippen LogP) is 7.28. The monoisotopic (exact) mass is 891 g/mol. The molecule has 15 nitrogen and oxygen atoms in total. The van der Waals surface area contributed by atoms with E-state index in [4.69, 9.17) is 39.9 Å². The molecule has 3 aromatic rings. The maximum atomic E-state index is 14.9. The van der Waals surface area contributed by atoms with Crippen LogP contribution in [0.5, 0.6) is 11.5 Å². The number of carboxylic acid groups (broad SMARTS) is 1. The summed E-state index contributed by atoms with van der Waals surface area (Å²) in [7, 11) is 0. The number of nitrogens with zero attached hydrogens (tertiary/aromatic N) is 4. The number of carbonyl (C=O) groups is 4. The predicted molar refractivity (Wildman–Crippen MR) is 235 cm³/mol. The molecule has 4 heterocycles. The highest BCUT2D eigenvalue weighted by Gasteiger charge is 2.61. The summed E-state index contributed by atoms with van der Waals surface area (Å²) in [5.41, 5.74) is -0.578. The summed E-state index contributed by atoms with van der Waals surface area (Å²) in [5.74, 6) is -0.932. The highest BCUT2D eigenvalue weighted by atomic mass is 35.5. The zero-order valence-electron chi connectivity index (χ0n) is 37.3. The number of halogens is 1. The van der Waals surface area contributed by atoms with Crippen LogP contribution in [0.3, 0.4) is 0 Å². The van der Waals surface area contributed by atoms with Crippen LogP contribution in [0.2, 0.25) is 5.02 Å². The van der Waals surface area contributed by atoms with Crippen molar-refractivity contribution in [3.05, 3.63) is 29.5 Å². The third kappa shape index (κ3) is 9.95.